The first-order valence-corrected chi connectivity index (χ1v) is 6.39. The van der Waals surface area contributed by atoms with Gasteiger partial charge in [0.1, 0.15) is 0 Å². The molecule has 0 bridgehead atoms. The quantitative estimate of drug-likeness (QED) is 0.808. The Morgan fingerprint density at radius 3 is 2.27 bits per heavy atom. The fourth-order valence-electron chi connectivity index (χ4n) is 0.775. The van der Waals surface area contributed by atoms with Crippen LogP contribution >= 0.6 is 0 Å². The third kappa shape index (κ3) is 11.0. The van der Waals surface area contributed by atoms with Crippen LogP contribution in [0.2, 0.25) is 0 Å². The van der Waals surface area contributed by atoms with E-state index >= 15 is 0 Å². The zero-order valence-corrected chi connectivity index (χ0v) is 9.87. The second kappa shape index (κ2) is 7.36. The van der Waals surface area contributed by atoms with Crippen LogP contribution in [-0.4, -0.2) is 23.7 Å². The van der Waals surface area contributed by atoms with Crippen molar-refractivity contribution in [3.8, 4) is 0 Å². The Kier molecular flexibility index (Phi) is 6.90. The first-order valence-electron chi connectivity index (χ1n) is 4.78. The molecule has 0 fully saturated rings. The van der Waals surface area contributed by atoms with E-state index in [1.54, 1.807) is 6.20 Å². The van der Waals surface area contributed by atoms with E-state index in [1.165, 1.54) is 0 Å². The molecule has 1 aromatic rings. The molecule has 1 heterocycles. The van der Waals surface area contributed by atoms with Crippen LogP contribution in [0.4, 0.5) is 0 Å². The van der Waals surface area contributed by atoms with Crippen LogP contribution in [0.1, 0.15) is 25.5 Å². The van der Waals surface area contributed by atoms with E-state index in [2.05, 4.69) is 4.98 Å². The lowest BCUT2D eigenvalue weighted by atomic mass is 10.4. The van der Waals surface area contributed by atoms with Gasteiger partial charge in [-0.25, -0.2) is 0 Å². The molecule has 1 N–H and O–H groups in total. The Morgan fingerprint density at radius 1 is 1.40 bits per heavy atom. The van der Waals surface area contributed by atoms with Gasteiger partial charge < -0.3 is 0 Å². The normalized spacial score (nSPS) is 10.3. The highest BCUT2D eigenvalue weighted by atomic mass is 32.2. The molecular weight excluding hydrogens is 214 g/mol. The standard InChI is InChI=1S/C6H7N.C4H10O3S/c1-6-4-2-3-5-7-6;1-2-3-4-8(5,6)7/h2-5H,1H3;2-4H2,1H3,(H,5,6,7). The lowest BCUT2D eigenvalue weighted by Gasteiger charge is -1.90. The van der Waals surface area contributed by atoms with Gasteiger partial charge in [0, 0.05) is 11.9 Å². The molecule has 0 amide bonds. The summed E-state index contributed by atoms with van der Waals surface area (Å²) in [6.07, 6.45) is 3.12. The molecule has 0 atom stereocenters. The predicted molar refractivity (Wildman–Crippen MR) is 60.3 cm³/mol. The summed E-state index contributed by atoms with van der Waals surface area (Å²) in [4.78, 5) is 3.98. The molecule has 0 saturated heterocycles. The maximum absolute atomic E-state index is 9.95. The Labute approximate surface area is 91.1 Å². The van der Waals surface area contributed by atoms with Gasteiger partial charge in [0.25, 0.3) is 10.1 Å². The Hall–Kier alpha value is -0.940. The van der Waals surface area contributed by atoms with E-state index in [4.69, 9.17) is 4.55 Å². The van der Waals surface area contributed by atoms with Crippen LogP contribution in [0.15, 0.2) is 24.4 Å². The van der Waals surface area contributed by atoms with Crippen molar-refractivity contribution < 1.29 is 13.0 Å². The van der Waals surface area contributed by atoms with Crippen molar-refractivity contribution in [2.24, 2.45) is 0 Å². The molecule has 0 aliphatic rings. The second-order valence-electron chi connectivity index (χ2n) is 3.11. The van der Waals surface area contributed by atoms with Gasteiger partial charge in [-0.15, -0.1) is 0 Å². The Bertz CT molecular complexity index is 348. The molecule has 0 radical (unpaired) electrons. The average Bonchev–Trinajstić information content (AvgIpc) is 2.16. The molecule has 5 heteroatoms. The zero-order chi connectivity index (χ0) is 11.7. The number of aromatic nitrogens is 1. The molecule has 0 aromatic carbocycles. The summed E-state index contributed by atoms with van der Waals surface area (Å²) in [5, 5.41) is 0. The lowest BCUT2D eigenvalue weighted by Crippen LogP contribution is -2.02. The van der Waals surface area contributed by atoms with Gasteiger partial charge in [-0.2, -0.15) is 8.42 Å². The van der Waals surface area contributed by atoms with E-state index < -0.39 is 10.1 Å². The molecule has 0 unspecified atom stereocenters. The smallest absolute Gasteiger partial charge is 0.264 e. The molecule has 15 heavy (non-hydrogen) atoms. The van der Waals surface area contributed by atoms with Crippen molar-refractivity contribution in [3.05, 3.63) is 30.1 Å². The summed E-state index contributed by atoms with van der Waals surface area (Å²) in [6.45, 7) is 3.84. The predicted octanol–water partition coefficient (Wildman–Crippen LogP) is 2.06. The Balaban J connectivity index is 0.000000262. The van der Waals surface area contributed by atoms with Crippen molar-refractivity contribution in [2.45, 2.75) is 26.7 Å². The first-order chi connectivity index (χ1) is 6.95. The summed E-state index contributed by atoms with van der Waals surface area (Å²) >= 11 is 0. The fraction of sp³-hybridized carbons (Fsp3) is 0.500. The average molecular weight is 231 g/mol. The topological polar surface area (TPSA) is 67.3 Å². The van der Waals surface area contributed by atoms with Crippen LogP contribution < -0.4 is 0 Å². The number of pyridine rings is 1. The molecule has 1 rings (SSSR count). The maximum Gasteiger partial charge on any atom is 0.264 e. The zero-order valence-electron chi connectivity index (χ0n) is 9.05. The van der Waals surface area contributed by atoms with Gasteiger partial charge in [-0.3, -0.25) is 9.54 Å². The molecular formula is C10H17NO3S. The van der Waals surface area contributed by atoms with Gasteiger partial charge in [-0.05, 0) is 25.5 Å². The molecule has 0 spiro atoms. The van der Waals surface area contributed by atoms with Gasteiger partial charge in [0.05, 0.1) is 5.75 Å². The van der Waals surface area contributed by atoms with Crippen molar-refractivity contribution in [1.29, 1.82) is 0 Å². The van der Waals surface area contributed by atoms with Crippen LogP contribution in [-0.2, 0) is 10.1 Å². The van der Waals surface area contributed by atoms with Gasteiger partial charge in [0.2, 0.25) is 0 Å². The highest BCUT2D eigenvalue weighted by Gasteiger charge is 2.00. The van der Waals surface area contributed by atoms with Crippen LogP contribution in [0.25, 0.3) is 0 Å². The molecule has 0 aliphatic carbocycles. The second-order valence-corrected chi connectivity index (χ2v) is 4.68. The maximum atomic E-state index is 9.95. The van der Waals surface area contributed by atoms with Crippen LogP contribution in [0, 0.1) is 6.92 Å². The summed E-state index contributed by atoms with van der Waals surface area (Å²) in [5.41, 5.74) is 1.07. The summed E-state index contributed by atoms with van der Waals surface area (Å²) in [6, 6.07) is 5.86. The minimum absolute atomic E-state index is 0.108. The molecule has 0 saturated carbocycles. The molecule has 0 aliphatic heterocycles. The summed E-state index contributed by atoms with van der Waals surface area (Å²) in [5.74, 6) is -0.108. The van der Waals surface area contributed by atoms with Gasteiger partial charge in [0.15, 0.2) is 0 Å². The van der Waals surface area contributed by atoms with E-state index in [0.717, 1.165) is 12.1 Å². The minimum atomic E-state index is -3.69. The molecule has 1 aromatic heterocycles. The SMILES string of the molecule is CCCCS(=O)(=O)O.Cc1ccccn1. The number of nitrogens with zero attached hydrogens (tertiary/aromatic N) is 1. The molecule has 4 nitrogen and oxygen atoms in total. The van der Waals surface area contributed by atoms with Crippen molar-refractivity contribution in [3.63, 3.8) is 0 Å². The van der Waals surface area contributed by atoms with Crippen molar-refractivity contribution in [1.82, 2.24) is 4.98 Å². The van der Waals surface area contributed by atoms with Gasteiger partial charge >= 0.3 is 0 Å². The van der Waals surface area contributed by atoms with E-state index in [-0.39, 0.29) is 5.75 Å². The largest absolute Gasteiger partial charge is 0.286 e. The number of rotatable bonds is 3. The summed E-state index contributed by atoms with van der Waals surface area (Å²) < 4.78 is 28.0. The highest BCUT2D eigenvalue weighted by Crippen LogP contribution is 1.90. The summed E-state index contributed by atoms with van der Waals surface area (Å²) in [7, 11) is -3.69. The van der Waals surface area contributed by atoms with Crippen molar-refractivity contribution >= 4 is 10.1 Å². The lowest BCUT2D eigenvalue weighted by molar-refractivity contribution is 0.480. The number of unbranched alkanes of at least 4 members (excludes halogenated alkanes) is 1. The fourth-order valence-corrected chi connectivity index (χ4v) is 1.43. The third-order valence-corrected chi connectivity index (χ3v) is 2.37. The number of hydrogen-bond acceptors (Lipinski definition) is 3. The van der Waals surface area contributed by atoms with E-state index in [0.29, 0.717) is 6.42 Å². The van der Waals surface area contributed by atoms with Crippen LogP contribution in [0.3, 0.4) is 0 Å². The minimum Gasteiger partial charge on any atom is -0.286 e. The number of aryl methyl sites for hydroxylation is 1. The Morgan fingerprint density at radius 2 is 2.07 bits per heavy atom. The van der Waals surface area contributed by atoms with E-state index in [1.807, 2.05) is 32.0 Å². The highest BCUT2D eigenvalue weighted by molar-refractivity contribution is 7.85. The van der Waals surface area contributed by atoms with Gasteiger partial charge in [-0.1, -0.05) is 19.4 Å². The van der Waals surface area contributed by atoms with Crippen LogP contribution in [0.5, 0.6) is 0 Å². The van der Waals surface area contributed by atoms with Crippen molar-refractivity contribution in [2.75, 3.05) is 5.75 Å². The molecule has 86 valence electrons. The first kappa shape index (κ1) is 14.1. The van der Waals surface area contributed by atoms with E-state index in [9.17, 15) is 8.42 Å². The number of hydrogen-bond donors (Lipinski definition) is 1. The third-order valence-electron chi connectivity index (χ3n) is 1.57. The monoisotopic (exact) mass is 231 g/mol.